The first-order valence-electron chi connectivity index (χ1n) is 5.34. The Bertz CT molecular complexity index is 434. The molecule has 0 saturated heterocycles. The second-order valence-corrected chi connectivity index (χ2v) is 4.61. The zero-order valence-electron chi connectivity index (χ0n) is 9.81. The van der Waals surface area contributed by atoms with Gasteiger partial charge in [0, 0.05) is 11.5 Å². The summed E-state index contributed by atoms with van der Waals surface area (Å²) in [7, 11) is 0. The number of thioether (sulfide) groups is 1. The maximum atomic E-state index is 11.9. The number of ketones is 1. The fourth-order valence-electron chi connectivity index (χ4n) is 1.23. The van der Waals surface area contributed by atoms with Crippen LogP contribution in [0, 0.1) is 0 Å². The predicted molar refractivity (Wildman–Crippen MR) is 64.4 cm³/mol. The Hall–Kier alpha value is -1.63. The van der Waals surface area contributed by atoms with Gasteiger partial charge in [0.25, 0.3) is 0 Å². The molecule has 0 atom stereocenters. The van der Waals surface area contributed by atoms with Crippen LogP contribution >= 0.6 is 11.8 Å². The molecular weight excluding hydrogens is 278 g/mol. The molecule has 19 heavy (non-hydrogen) atoms. The third-order valence-electron chi connectivity index (χ3n) is 2.09. The highest BCUT2D eigenvalue weighted by Gasteiger charge is 2.08. The number of hydrogen-bond acceptors (Lipinski definition) is 5. The first-order valence-corrected chi connectivity index (χ1v) is 6.50. The maximum Gasteiger partial charge on any atom is 0.387 e. The van der Waals surface area contributed by atoms with Crippen LogP contribution in [0.5, 0.6) is 5.75 Å². The molecular formula is C12H11F2O4S-. The van der Waals surface area contributed by atoms with Gasteiger partial charge in [0.2, 0.25) is 0 Å². The second kappa shape index (κ2) is 7.73. The van der Waals surface area contributed by atoms with Crippen LogP contribution in [0.2, 0.25) is 0 Å². The fraction of sp³-hybridized carbons (Fsp3) is 0.333. The van der Waals surface area contributed by atoms with Gasteiger partial charge in [0.15, 0.2) is 5.78 Å². The Morgan fingerprint density at radius 3 is 2.42 bits per heavy atom. The van der Waals surface area contributed by atoms with Crippen molar-refractivity contribution in [1.82, 2.24) is 0 Å². The van der Waals surface area contributed by atoms with Crippen LogP contribution in [0.15, 0.2) is 24.3 Å². The van der Waals surface area contributed by atoms with Crippen molar-refractivity contribution in [2.75, 3.05) is 11.5 Å². The van der Waals surface area contributed by atoms with Crippen molar-refractivity contribution in [3.05, 3.63) is 29.8 Å². The van der Waals surface area contributed by atoms with E-state index in [9.17, 15) is 23.5 Å². The molecule has 0 aromatic heterocycles. The number of alkyl halides is 2. The molecule has 0 aliphatic heterocycles. The normalized spacial score (nSPS) is 10.5. The van der Waals surface area contributed by atoms with Crippen LogP contribution < -0.4 is 9.84 Å². The van der Waals surface area contributed by atoms with Crippen molar-refractivity contribution in [2.24, 2.45) is 0 Å². The van der Waals surface area contributed by atoms with Gasteiger partial charge in [-0.2, -0.15) is 20.5 Å². The van der Waals surface area contributed by atoms with Gasteiger partial charge in [-0.3, -0.25) is 4.79 Å². The molecule has 104 valence electrons. The molecule has 0 aliphatic carbocycles. The van der Waals surface area contributed by atoms with Crippen LogP contribution in [-0.4, -0.2) is 29.9 Å². The number of halogens is 2. The van der Waals surface area contributed by atoms with E-state index in [1.165, 1.54) is 36.0 Å². The molecule has 0 amide bonds. The predicted octanol–water partition coefficient (Wildman–Crippen LogP) is 1.34. The van der Waals surface area contributed by atoms with Crippen molar-refractivity contribution in [1.29, 1.82) is 0 Å². The lowest BCUT2D eigenvalue weighted by molar-refractivity contribution is -0.305. The van der Waals surface area contributed by atoms with Gasteiger partial charge in [0.05, 0.1) is 5.75 Å². The first kappa shape index (κ1) is 15.4. The molecule has 7 heteroatoms. The highest BCUT2D eigenvalue weighted by atomic mass is 32.2. The second-order valence-electron chi connectivity index (χ2n) is 3.50. The molecule has 0 unspecified atom stereocenters. The minimum Gasteiger partial charge on any atom is -0.550 e. The Morgan fingerprint density at radius 1 is 1.26 bits per heavy atom. The third kappa shape index (κ3) is 6.19. The molecule has 1 rings (SSSR count). The van der Waals surface area contributed by atoms with Crippen molar-refractivity contribution in [3.8, 4) is 5.75 Å². The van der Waals surface area contributed by atoms with Crippen LogP contribution in [0.3, 0.4) is 0 Å². The van der Waals surface area contributed by atoms with Crippen molar-refractivity contribution in [2.45, 2.75) is 13.0 Å². The Labute approximate surface area is 112 Å². The van der Waals surface area contributed by atoms with Gasteiger partial charge in [-0.15, -0.1) is 0 Å². The molecule has 0 spiro atoms. The summed E-state index contributed by atoms with van der Waals surface area (Å²) in [5.74, 6) is -0.959. The lowest BCUT2D eigenvalue weighted by Crippen LogP contribution is -2.22. The summed E-state index contributed by atoms with van der Waals surface area (Å²) in [5, 5.41) is 10.2. The summed E-state index contributed by atoms with van der Waals surface area (Å²) in [5.41, 5.74) is 0.363. The molecule has 1 aromatic carbocycles. The summed E-state index contributed by atoms with van der Waals surface area (Å²) in [6, 6.07) is 5.34. The van der Waals surface area contributed by atoms with Crippen LogP contribution in [0.25, 0.3) is 0 Å². The number of aliphatic carboxylic acids is 1. The smallest absolute Gasteiger partial charge is 0.387 e. The molecule has 0 bridgehead atoms. The number of carbonyl (C=O) groups is 2. The van der Waals surface area contributed by atoms with E-state index in [0.29, 0.717) is 11.3 Å². The van der Waals surface area contributed by atoms with E-state index in [0.717, 1.165) is 0 Å². The standard InChI is InChI=1S/C12H12F2O4S/c13-12(14)18-9-3-1-8(2-4-9)10(15)7-19-6-5-11(16)17/h1-4,12H,5-7H2,(H,16,17)/p-1. The zero-order valence-corrected chi connectivity index (χ0v) is 10.6. The van der Waals surface area contributed by atoms with Crippen molar-refractivity contribution in [3.63, 3.8) is 0 Å². The number of carboxylic acids is 1. The van der Waals surface area contributed by atoms with Gasteiger partial charge >= 0.3 is 6.61 Å². The number of Topliss-reactive ketones (excluding diaryl/α,β-unsaturated/α-hetero) is 1. The van der Waals surface area contributed by atoms with Crippen molar-refractivity contribution < 1.29 is 28.2 Å². The number of carbonyl (C=O) groups excluding carboxylic acids is 2. The van der Waals surface area contributed by atoms with E-state index < -0.39 is 12.6 Å². The first-order chi connectivity index (χ1) is 8.99. The molecule has 0 radical (unpaired) electrons. The van der Waals surface area contributed by atoms with E-state index in [4.69, 9.17) is 0 Å². The van der Waals surface area contributed by atoms with Crippen LogP contribution in [0.4, 0.5) is 8.78 Å². The van der Waals surface area contributed by atoms with Gasteiger partial charge < -0.3 is 14.6 Å². The summed E-state index contributed by atoms with van der Waals surface area (Å²) in [4.78, 5) is 21.8. The van der Waals surface area contributed by atoms with E-state index in [2.05, 4.69) is 4.74 Å². The van der Waals surface area contributed by atoms with Gasteiger partial charge in [-0.25, -0.2) is 0 Å². The monoisotopic (exact) mass is 289 g/mol. The third-order valence-corrected chi connectivity index (χ3v) is 3.04. The lowest BCUT2D eigenvalue weighted by atomic mass is 10.1. The zero-order chi connectivity index (χ0) is 14.3. The highest BCUT2D eigenvalue weighted by Crippen LogP contribution is 2.16. The molecule has 1 aromatic rings. The van der Waals surface area contributed by atoms with Crippen LogP contribution in [0.1, 0.15) is 16.8 Å². The Kier molecular flexibility index (Phi) is 6.27. The van der Waals surface area contributed by atoms with Crippen LogP contribution in [-0.2, 0) is 4.79 Å². The lowest BCUT2D eigenvalue weighted by Gasteiger charge is -2.05. The number of hydrogen-bond donors (Lipinski definition) is 0. The molecule has 0 heterocycles. The molecule has 0 aliphatic rings. The topological polar surface area (TPSA) is 66.4 Å². The number of ether oxygens (including phenoxy) is 1. The minimum atomic E-state index is -2.90. The molecule has 0 saturated carbocycles. The number of carboxylic acid groups (broad SMARTS) is 1. The average molecular weight is 289 g/mol. The van der Waals surface area contributed by atoms with E-state index in [1.54, 1.807) is 0 Å². The summed E-state index contributed by atoms with van der Waals surface area (Å²) in [6.45, 7) is -2.90. The summed E-state index contributed by atoms with van der Waals surface area (Å²) >= 11 is 1.18. The highest BCUT2D eigenvalue weighted by molar-refractivity contribution is 8.00. The number of benzene rings is 1. The number of rotatable bonds is 8. The fourth-order valence-corrected chi connectivity index (χ4v) is 2.03. The van der Waals surface area contributed by atoms with E-state index >= 15 is 0 Å². The summed E-state index contributed by atoms with van der Waals surface area (Å²) < 4.78 is 28.0. The Morgan fingerprint density at radius 2 is 1.89 bits per heavy atom. The van der Waals surface area contributed by atoms with E-state index in [1.807, 2.05) is 0 Å². The van der Waals surface area contributed by atoms with E-state index in [-0.39, 0.29) is 23.7 Å². The van der Waals surface area contributed by atoms with Gasteiger partial charge in [0.1, 0.15) is 5.75 Å². The maximum absolute atomic E-state index is 11.9. The Balaban J connectivity index is 2.42. The minimum absolute atomic E-state index is 0.0174. The summed E-state index contributed by atoms with van der Waals surface area (Å²) in [6.07, 6.45) is -0.112. The van der Waals surface area contributed by atoms with Gasteiger partial charge in [-0.05, 0) is 36.4 Å². The molecule has 0 fully saturated rings. The average Bonchev–Trinajstić information content (AvgIpc) is 2.34. The SMILES string of the molecule is O=C([O-])CCSCC(=O)c1ccc(OC(F)F)cc1. The largest absolute Gasteiger partial charge is 0.550 e. The molecule has 4 nitrogen and oxygen atoms in total. The molecule has 0 N–H and O–H groups in total. The van der Waals surface area contributed by atoms with Crippen molar-refractivity contribution >= 4 is 23.5 Å². The quantitative estimate of drug-likeness (QED) is 0.534. The van der Waals surface area contributed by atoms with Gasteiger partial charge in [-0.1, -0.05) is 0 Å².